The van der Waals surface area contributed by atoms with Gasteiger partial charge < -0.3 is 5.73 Å². The highest BCUT2D eigenvalue weighted by Gasteiger charge is 2.08. The van der Waals surface area contributed by atoms with Gasteiger partial charge in [0, 0.05) is 5.69 Å². The summed E-state index contributed by atoms with van der Waals surface area (Å²) in [5.41, 5.74) is 7.21. The molecule has 17 heavy (non-hydrogen) atoms. The molecule has 1 aromatic heterocycles. The van der Waals surface area contributed by atoms with E-state index in [2.05, 4.69) is 0 Å². The predicted molar refractivity (Wildman–Crippen MR) is 71.8 cm³/mol. The monoisotopic (exact) mass is 242 g/mol. The standard InChI is InChI=1S/C13H10N2OS/c14-9-4-3-5-10(8-9)15-13(16)11-6-1-2-7-12(11)17-15/h1-8H,14H2. The normalized spacial score (nSPS) is 10.8. The van der Waals surface area contributed by atoms with Crippen molar-refractivity contribution in [3.8, 4) is 5.69 Å². The molecule has 0 aliphatic heterocycles. The Balaban J connectivity index is 2.31. The Kier molecular flexibility index (Phi) is 2.23. The lowest BCUT2D eigenvalue weighted by atomic mass is 10.2. The highest BCUT2D eigenvalue weighted by molar-refractivity contribution is 7.14. The Bertz CT molecular complexity index is 742. The molecule has 0 spiro atoms. The number of benzene rings is 2. The van der Waals surface area contributed by atoms with Crippen molar-refractivity contribution in [2.45, 2.75) is 0 Å². The number of nitrogens with zero attached hydrogens (tertiary/aromatic N) is 1. The molecule has 0 radical (unpaired) electrons. The number of anilines is 1. The quantitative estimate of drug-likeness (QED) is 0.667. The minimum Gasteiger partial charge on any atom is -0.399 e. The summed E-state index contributed by atoms with van der Waals surface area (Å²) in [5, 5.41) is 0.750. The van der Waals surface area contributed by atoms with Crippen LogP contribution in [-0.4, -0.2) is 3.96 Å². The number of nitrogen functional groups attached to an aromatic ring is 1. The Hall–Kier alpha value is -2.07. The highest BCUT2D eigenvalue weighted by Crippen LogP contribution is 2.20. The second kappa shape index (κ2) is 3.75. The van der Waals surface area contributed by atoms with Crippen LogP contribution in [-0.2, 0) is 0 Å². The molecule has 2 N–H and O–H groups in total. The molecule has 0 saturated carbocycles. The summed E-state index contributed by atoms with van der Waals surface area (Å²) in [5.74, 6) is 0. The van der Waals surface area contributed by atoms with Gasteiger partial charge in [0.25, 0.3) is 5.56 Å². The van der Waals surface area contributed by atoms with Crippen LogP contribution in [0.2, 0.25) is 0 Å². The second-order valence-electron chi connectivity index (χ2n) is 3.78. The molecule has 4 heteroatoms. The van der Waals surface area contributed by atoms with E-state index in [-0.39, 0.29) is 5.56 Å². The molecule has 84 valence electrons. The summed E-state index contributed by atoms with van der Waals surface area (Å²) in [6.45, 7) is 0. The summed E-state index contributed by atoms with van der Waals surface area (Å²) in [6, 6.07) is 14.9. The molecule has 0 unspecified atom stereocenters. The van der Waals surface area contributed by atoms with Crippen LogP contribution in [0.1, 0.15) is 0 Å². The average Bonchev–Trinajstić information content (AvgIpc) is 2.68. The fourth-order valence-corrected chi connectivity index (χ4v) is 2.78. The third-order valence-electron chi connectivity index (χ3n) is 2.60. The molecule has 1 heterocycles. The lowest BCUT2D eigenvalue weighted by Crippen LogP contribution is -2.10. The molecule has 2 aromatic carbocycles. The second-order valence-corrected chi connectivity index (χ2v) is 4.77. The molecule has 0 fully saturated rings. The number of hydrogen-bond donors (Lipinski definition) is 1. The zero-order valence-electron chi connectivity index (χ0n) is 8.96. The van der Waals surface area contributed by atoms with Crippen LogP contribution in [0.5, 0.6) is 0 Å². The predicted octanol–water partition coefficient (Wildman–Crippen LogP) is 2.63. The van der Waals surface area contributed by atoms with Crippen LogP contribution in [0.25, 0.3) is 15.8 Å². The van der Waals surface area contributed by atoms with E-state index in [1.807, 2.05) is 42.5 Å². The largest absolute Gasteiger partial charge is 0.399 e. The summed E-state index contributed by atoms with van der Waals surface area (Å²) < 4.78 is 2.65. The van der Waals surface area contributed by atoms with Crippen molar-refractivity contribution in [1.82, 2.24) is 3.96 Å². The van der Waals surface area contributed by atoms with Gasteiger partial charge in [0.1, 0.15) is 0 Å². The van der Waals surface area contributed by atoms with Gasteiger partial charge in [-0.15, -0.1) is 0 Å². The smallest absolute Gasteiger partial charge is 0.273 e. The molecular formula is C13H10N2OS. The summed E-state index contributed by atoms with van der Waals surface area (Å²) >= 11 is 1.43. The van der Waals surface area contributed by atoms with Gasteiger partial charge in [-0.2, -0.15) is 0 Å². The fourth-order valence-electron chi connectivity index (χ4n) is 1.79. The van der Waals surface area contributed by atoms with E-state index in [0.29, 0.717) is 5.69 Å². The first-order chi connectivity index (χ1) is 8.25. The van der Waals surface area contributed by atoms with Gasteiger partial charge in [0.2, 0.25) is 0 Å². The first-order valence-corrected chi connectivity index (χ1v) is 6.00. The highest BCUT2D eigenvalue weighted by atomic mass is 32.1. The molecule has 0 aliphatic carbocycles. The SMILES string of the molecule is Nc1cccc(-n2sc3ccccc3c2=O)c1. The van der Waals surface area contributed by atoms with Crippen molar-refractivity contribution < 1.29 is 0 Å². The van der Waals surface area contributed by atoms with Gasteiger partial charge in [-0.05, 0) is 30.3 Å². The van der Waals surface area contributed by atoms with Crippen LogP contribution < -0.4 is 11.3 Å². The maximum absolute atomic E-state index is 12.2. The molecule has 0 aliphatic rings. The molecule has 0 bridgehead atoms. The van der Waals surface area contributed by atoms with Gasteiger partial charge in [-0.3, -0.25) is 4.79 Å². The third kappa shape index (κ3) is 1.62. The first kappa shape index (κ1) is 10.1. The Morgan fingerprint density at radius 1 is 1.06 bits per heavy atom. The van der Waals surface area contributed by atoms with E-state index in [0.717, 1.165) is 15.8 Å². The van der Waals surface area contributed by atoms with Crippen molar-refractivity contribution in [3.05, 3.63) is 58.9 Å². The lowest BCUT2D eigenvalue weighted by Gasteiger charge is -2.00. The molecule has 0 saturated heterocycles. The van der Waals surface area contributed by atoms with Crippen LogP contribution in [0.4, 0.5) is 5.69 Å². The summed E-state index contributed by atoms with van der Waals surface area (Å²) in [6.07, 6.45) is 0. The number of hydrogen-bond acceptors (Lipinski definition) is 3. The summed E-state index contributed by atoms with van der Waals surface area (Å²) in [7, 11) is 0. The van der Waals surface area contributed by atoms with Crippen molar-refractivity contribution >= 4 is 27.3 Å². The Morgan fingerprint density at radius 3 is 2.65 bits per heavy atom. The van der Waals surface area contributed by atoms with Gasteiger partial charge >= 0.3 is 0 Å². The van der Waals surface area contributed by atoms with E-state index in [9.17, 15) is 4.79 Å². The number of nitrogens with two attached hydrogens (primary N) is 1. The molecule has 3 nitrogen and oxygen atoms in total. The number of rotatable bonds is 1. The molecule has 0 amide bonds. The minimum absolute atomic E-state index is 0.0104. The van der Waals surface area contributed by atoms with Crippen molar-refractivity contribution in [1.29, 1.82) is 0 Å². The van der Waals surface area contributed by atoms with Gasteiger partial charge in [-0.25, -0.2) is 3.96 Å². The maximum Gasteiger partial charge on any atom is 0.273 e. The van der Waals surface area contributed by atoms with Crippen LogP contribution in [0.3, 0.4) is 0 Å². The van der Waals surface area contributed by atoms with Crippen LogP contribution in [0, 0.1) is 0 Å². The summed E-state index contributed by atoms with van der Waals surface area (Å²) in [4.78, 5) is 12.2. The van der Waals surface area contributed by atoms with E-state index in [1.165, 1.54) is 11.5 Å². The molecule has 3 aromatic rings. The van der Waals surface area contributed by atoms with Crippen molar-refractivity contribution in [2.75, 3.05) is 5.73 Å². The molecular weight excluding hydrogens is 232 g/mol. The first-order valence-electron chi connectivity index (χ1n) is 5.23. The fraction of sp³-hybridized carbons (Fsp3) is 0. The van der Waals surface area contributed by atoms with E-state index < -0.39 is 0 Å². The lowest BCUT2D eigenvalue weighted by molar-refractivity contribution is 1.15. The van der Waals surface area contributed by atoms with Crippen molar-refractivity contribution in [2.24, 2.45) is 0 Å². The van der Waals surface area contributed by atoms with Crippen LogP contribution >= 0.6 is 11.5 Å². The Morgan fingerprint density at radius 2 is 1.88 bits per heavy atom. The van der Waals surface area contributed by atoms with E-state index >= 15 is 0 Å². The number of fused-ring (bicyclic) bond motifs is 1. The Labute approximate surface area is 102 Å². The zero-order chi connectivity index (χ0) is 11.8. The van der Waals surface area contributed by atoms with Crippen molar-refractivity contribution in [3.63, 3.8) is 0 Å². The van der Waals surface area contributed by atoms with Gasteiger partial charge in [-0.1, -0.05) is 29.7 Å². The number of aromatic nitrogens is 1. The van der Waals surface area contributed by atoms with Gasteiger partial charge in [0.05, 0.1) is 15.8 Å². The topological polar surface area (TPSA) is 48.0 Å². The van der Waals surface area contributed by atoms with E-state index in [4.69, 9.17) is 5.73 Å². The molecule has 3 rings (SSSR count). The van der Waals surface area contributed by atoms with Crippen LogP contribution in [0.15, 0.2) is 53.3 Å². The van der Waals surface area contributed by atoms with E-state index in [1.54, 1.807) is 10.0 Å². The average molecular weight is 242 g/mol. The van der Waals surface area contributed by atoms with Gasteiger partial charge in [0.15, 0.2) is 0 Å². The molecule has 0 atom stereocenters. The zero-order valence-corrected chi connectivity index (χ0v) is 9.78. The maximum atomic E-state index is 12.2. The third-order valence-corrected chi connectivity index (χ3v) is 3.71. The minimum atomic E-state index is 0.0104.